The van der Waals surface area contributed by atoms with Gasteiger partial charge in [0, 0.05) is 25.2 Å². The standard InChI is InChI=1S/C19H28N2O3/c1-14(2)24-16-5-4-15(12-17(16)23-3)18(22)21-10-7-19(8-11-21)6-9-20-13-19/h4-5,12,14,20H,6-11,13H2,1-3H3. The Morgan fingerprint density at radius 1 is 1.21 bits per heavy atom. The van der Waals surface area contributed by atoms with Crippen molar-refractivity contribution < 1.29 is 14.3 Å². The van der Waals surface area contributed by atoms with Crippen LogP contribution in [0.15, 0.2) is 18.2 Å². The van der Waals surface area contributed by atoms with E-state index in [2.05, 4.69) is 5.32 Å². The fourth-order valence-electron chi connectivity index (χ4n) is 3.74. The lowest BCUT2D eigenvalue weighted by Gasteiger charge is -2.39. The lowest BCUT2D eigenvalue weighted by molar-refractivity contribution is 0.0607. The second kappa shape index (κ2) is 7.01. The molecule has 1 amide bonds. The van der Waals surface area contributed by atoms with Gasteiger partial charge < -0.3 is 19.7 Å². The molecular formula is C19H28N2O3. The second-order valence-electron chi connectivity index (χ2n) is 7.25. The fraction of sp³-hybridized carbons (Fsp3) is 0.632. The molecule has 1 N–H and O–H groups in total. The van der Waals surface area contributed by atoms with Crippen molar-refractivity contribution in [2.24, 2.45) is 5.41 Å². The van der Waals surface area contributed by atoms with E-state index in [1.807, 2.05) is 30.9 Å². The molecule has 2 aliphatic rings. The summed E-state index contributed by atoms with van der Waals surface area (Å²) in [5.41, 5.74) is 1.09. The molecular weight excluding hydrogens is 304 g/mol. The number of hydrogen-bond donors (Lipinski definition) is 1. The van der Waals surface area contributed by atoms with Crippen molar-refractivity contribution in [3.8, 4) is 11.5 Å². The van der Waals surface area contributed by atoms with E-state index in [4.69, 9.17) is 9.47 Å². The predicted octanol–water partition coefficient (Wildman–Crippen LogP) is 2.70. The molecule has 0 radical (unpaired) electrons. The van der Waals surface area contributed by atoms with Crippen molar-refractivity contribution in [2.45, 2.75) is 39.2 Å². The molecule has 0 saturated carbocycles. The molecule has 5 nitrogen and oxygen atoms in total. The topological polar surface area (TPSA) is 50.8 Å². The van der Waals surface area contributed by atoms with Crippen LogP contribution >= 0.6 is 0 Å². The van der Waals surface area contributed by atoms with Crippen molar-refractivity contribution in [1.29, 1.82) is 0 Å². The Bertz CT molecular complexity index is 584. The van der Waals surface area contributed by atoms with Gasteiger partial charge in [0.1, 0.15) is 0 Å². The van der Waals surface area contributed by atoms with Crippen LogP contribution < -0.4 is 14.8 Å². The van der Waals surface area contributed by atoms with E-state index in [1.54, 1.807) is 13.2 Å². The van der Waals surface area contributed by atoms with Gasteiger partial charge in [-0.1, -0.05) is 0 Å². The maximum absolute atomic E-state index is 12.8. The van der Waals surface area contributed by atoms with Crippen LogP contribution in [0.5, 0.6) is 11.5 Å². The lowest BCUT2D eigenvalue weighted by atomic mass is 9.78. The zero-order valence-corrected chi connectivity index (χ0v) is 14.9. The summed E-state index contributed by atoms with van der Waals surface area (Å²) >= 11 is 0. The van der Waals surface area contributed by atoms with Crippen molar-refractivity contribution in [2.75, 3.05) is 33.3 Å². The normalized spacial score (nSPS) is 19.8. The average molecular weight is 332 g/mol. The number of likely N-dealkylation sites (tertiary alicyclic amines) is 1. The maximum atomic E-state index is 12.8. The summed E-state index contributed by atoms with van der Waals surface area (Å²) in [4.78, 5) is 14.8. The van der Waals surface area contributed by atoms with E-state index in [-0.39, 0.29) is 12.0 Å². The fourth-order valence-corrected chi connectivity index (χ4v) is 3.74. The van der Waals surface area contributed by atoms with Crippen LogP contribution in [0, 0.1) is 5.41 Å². The molecule has 1 spiro atoms. The minimum absolute atomic E-state index is 0.0683. The van der Waals surface area contributed by atoms with Crippen molar-refractivity contribution in [1.82, 2.24) is 10.2 Å². The molecule has 24 heavy (non-hydrogen) atoms. The van der Waals surface area contributed by atoms with Crippen LogP contribution in [0.2, 0.25) is 0 Å². The van der Waals surface area contributed by atoms with Crippen LogP contribution in [0.4, 0.5) is 0 Å². The van der Waals surface area contributed by atoms with Gasteiger partial charge in [-0.15, -0.1) is 0 Å². The monoisotopic (exact) mass is 332 g/mol. The molecule has 5 heteroatoms. The van der Waals surface area contributed by atoms with Gasteiger partial charge in [0.05, 0.1) is 13.2 Å². The highest BCUT2D eigenvalue weighted by molar-refractivity contribution is 5.95. The van der Waals surface area contributed by atoms with Gasteiger partial charge in [-0.3, -0.25) is 4.79 Å². The van der Waals surface area contributed by atoms with E-state index in [0.29, 0.717) is 22.5 Å². The van der Waals surface area contributed by atoms with Gasteiger partial charge in [0.2, 0.25) is 0 Å². The van der Waals surface area contributed by atoms with Crippen molar-refractivity contribution in [3.05, 3.63) is 23.8 Å². The Morgan fingerprint density at radius 3 is 2.54 bits per heavy atom. The van der Waals surface area contributed by atoms with Crippen LogP contribution in [0.3, 0.4) is 0 Å². The van der Waals surface area contributed by atoms with Gasteiger partial charge in [0.15, 0.2) is 11.5 Å². The number of methoxy groups -OCH3 is 1. The highest BCUT2D eigenvalue weighted by Gasteiger charge is 2.38. The SMILES string of the molecule is COc1cc(C(=O)N2CCC3(CCNC3)CC2)ccc1OC(C)C. The molecule has 2 saturated heterocycles. The first-order chi connectivity index (χ1) is 11.5. The molecule has 2 aliphatic heterocycles. The Labute approximate surface area is 144 Å². The molecule has 3 rings (SSSR count). The number of amides is 1. The van der Waals surface area contributed by atoms with Crippen molar-refractivity contribution >= 4 is 5.91 Å². The maximum Gasteiger partial charge on any atom is 0.253 e. The number of carbonyl (C=O) groups excluding carboxylic acids is 1. The number of nitrogens with one attached hydrogen (secondary N) is 1. The number of benzene rings is 1. The van der Waals surface area contributed by atoms with Gasteiger partial charge >= 0.3 is 0 Å². The van der Waals surface area contributed by atoms with Crippen LogP contribution in [0.25, 0.3) is 0 Å². The Hall–Kier alpha value is -1.75. The summed E-state index contributed by atoms with van der Waals surface area (Å²) in [6.07, 6.45) is 3.50. The Balaban J connectivity index is 1.69. The van der Waals surface area contributed by atoms with Crippen LogP contribution in [-0.4, -0.2) is 50.2 Å². The molecule has 1 aromatic rings. The highest BCUT2D eigenvalue weighted by Crippen LogP contribution is 2.37. The molecule has 1 aromatic carbocycles. The van der Waals surface area contributed by atoms with E-state index in [1.165, 1.54) is 6.42 Å². The first-order valence-corrected chi connectivity index (χ1v) is 8.88. The molecule has 2 fully saturated rings. The van der Waals surface area contributed by atoms with Gasteiger partial charge in [-0.2, -0.15) is 0 Å². The van der Waals surface area contributed by atoms with Crippen LogP contribution in [-0.2, 0) is 0 Å². The summed E-state index contributed by atoms with van der Waals surface area (Å²) < 4.78 is 11.1. The predicted molar refractivity (Wildman–Crippen MR) is 93.8 cm³/mol. The quantitative estimate of drug-likeness (QED) is 0.921. The van der Waals surface area contributed by atoms with E-state index >= 15 is 0 Å². The average Bonchev–Trinajstić information content (AvgIpc) is 3.03. The van der Waals surface area contributed by atoms with E-state index < -0.39 is 0 Å². The second-order valence-corrected chi connectivity index (χ2v) is 7.25. The molecule has 0 aromatic heterocycles. The smallest absolute Gasteiger partial charge is 0.253 e. The number of piperidine rings is 1. The first kappa shape index (κ1) is 17.1. The minimum atomic E-state index is 0.0683. The summed E-state index contributed by atoms with van der Waals surface area (Å²) in [6.45, 7) is 7.84. The largest absolute Gasteiger partial charge is 0.493 e. The molecule has 0 bridgehead atoms. The zero-order chi connectivity index (χ0) is 17.2. The van der Waals surface area contributed by atoms with Crippen molar-refractivity contribution in [3.63, 3.8) is 0 Å². The molecule has 132 valence electrons. The zero-order valence-electron chi connectivity index (χ0n) is 14.9. The minimum Gasteiger partial charge on any atom is -0.493 e. The number of hydrogen-bond acceptors (Lipinski definition) is 4. The van der Waals surface area contributed by atoms with E-state index in [0.717, 1.165) is 39.0 Å². The Morgan fingerprint density at radius 2 is 1.96 bits per heavy atom. The molecule has 0 unspecified atom stereocenters. The number of carbonyl (C=O) groups is 1. The lowest BCUT2D eigenvalue weighted by Crippen LogP contribution is -2.44. The Kier molecular flexibility index (Phi) is 4.99. The number of rotatable bonds is 4. The number of ether oxygens (including phenoxy) is 2. The third kappa shape index (κ3) is 3.51. The molecule has 0 aliphatic carbocycles. The van der Waals surface area contributed by atoms with Crippen LogP contribution in [0.1, 0.15) is 43.5 Å². The third-order valence-electron chi connectivity index (χ3n) is 5.22. The summed E-state index contributed by atoms with van der Waals surface area (Å²) in [6, 6.07) is 5.46. The summed E-state index contributed by atoms with van der Waals surface area (Å²) in [7, 11) is 1.61. The van der Waals surface area contributed by atoms with Gasteiger partial charge in [-0.25, -0.2) is 0 Å². The van der Waals surface area contributed by atoms with Gasteiger partial charge in [0.25, 0.3) is 5.91 Å². The highest BCUT2D eigenvalue weighted by atomic mass is 16.5. The molecule has 2 heterocycles. The van der Waals surface area contributed by atoms with E-state index in [9.17, 15) is 4.79 Å². The summed E-state index contributed by atoms with van der Waals surface area (Å²) in [5, 5.41) is 3.46. The summed E-state index contributed by atoms with van der Waals surface area (Å²) in [5.74, 6) is 1.38. The molecule has 0 atom stereocenters. The number of nitrogens with zero attached hydrogens (tertiary/aromatic N) is 1. The van der Waals surface area contributed by atoms with Gasteiger partial charge in [-0.05, 0) is 63.3 Å². The first-order valence-electron chi connectivity index (χ1n) is 8.88. The third-order valence-corrected chi connectivity index (χ3v) is 5.22.